The van der Waals surface area contributed by atoms with E-state index < -0.39 is 11.5 Å². The predicted octanol–water partition coefficient (Wildman–Crippen LogP) is 2.15. The van der Waals surface area contributed by atoms with E-state index in [1.54, 1.807) is 29.2 Å². The van der Waals surface area contributed by atoms with Crippen molar-refractivity contribution in [2.45, 2.75) is 43.8 Å². The number of primary amides is 1. The summed E-state index contributed by atoms with van der Waals surface area (Å²) in [6.07, 6.45) is 3.34. The highest BCUT2D eigenvalue weighted by Crippen LogP contribution is 2.26. The number of amides is 2. The Morgan fingerprint density at radius 3 is 2.71 bits per heavy atom. The molecule has 1 aromatic rings. The van der Waals surface area contributed by atoms with Gasteiger partial charge >= 0.3 is 0 Å². The first kappa shape index (κ1) is 20.9. The van der Waals surface area contributed by atoms with Crippen LogP contribution in [0, 0.1) is 0 Å². The molecular weight excluding hydrogens is 384 g/mol. The highest BCUT2D eigenvalue weighted by Gasteiger charge is 2.41. The molecule has 0 aromatic heterocycles. The molecule has 1 aromatic carbocycles. The summed E-state index contributed by atoms with van der Waals surface area (Å²) in [7, 11) is 0. The molecule has 0 spiro atoms. The molecule has 0 unspecified atom stereocenters. The van der Waals surface area contributed by atoms with Gasteiger partial charge in [0.15, 0.2) is 0 Å². The topological polar surface area (TPSA) is 91.1 Å². The standard InChI is InChI=1S/C20H27ClN2O5/c21-15-4-6-16(7-5-15)27-14-20(12-18(22)24)13-23(8-10-28-20)19(25)11-17-3-1-2-9-26-17/h4-7,17H,1-3,8-14H2,(H2,22,24)/t17-,20+/m1/s1. The van der Waals surface area contributed by atoms with E-state index in [1.807, 2.05) is 0 Å². The number of morpholine rings is 1. The number of ether oxygens (including phenoxy) is 3. The van der Waals surface area contributed by atoms with Gasteiger partial charge in [-0.1, -0.05) is 11.6 Å². The first-order chi connectivity index (χ1) is 13.5. The summed E-state index contributed by atoms with van der Waals surface area (Å²) in [6, 6.07) is 6.93. The molecule has 2 aliphatic rings. The van der Waals surface area contributed by atoms with Crippen molar-refractivity contribution in [2.75, 3.05) is 32.9 Å². The van der Waals surface area contributed by atoms with Crippen LogP contribution in [-0.2, 0) is 19.1 Å². The Balaban J connectivity index is 1.64. The number of benzene rings is 1. The molecule has 2 aliphatic heterocycles. The maximum absolute atomic E-state index is 12.8. The highest BCUT2D eigenvalue weighted by molar-refractivity contribution is 6.30. The van der Waals surface area contributed by atoms with E-state index in [1.165, 1.54) is 0 Å². The van der Waals surface area contributed by atoms with Crippen molar-refractivity contribution in [1.29, 1.82) is 0 Å². The van der Waals surface area contributed by atoms with Crippen molar-refractivity contribution in [3.63, 3.8) is 0 Å². The molecule has 0 aliphatic carbocycles. The summed E-state index contributed by atoms with van der Waals surface area (Å²) in [5.41, 5.74) is 4.49. The lowest BCUT2D eigenvalue weighted by atomic mass is 9.96. The van der Waals surface area contributed by atoms with Crippen molar-refractivity contribution in [2.24, 2.45) is 5.73 Å². The lowest BCUT2D eigenvalue weighted by molar-refractivity contribution is -0.163. The minimum Gasteiger partial charge on any atom is -0.490 e. The third-order valence-corrected chi connectivity index (χ3v) is 5.34. The van der Waals surface area contributed by atoms with Crippen LogP contribution in [0.1, 0.15) is 32.1 Å². The fraction of sp³-hybridized carbons (Fsp3) is 0.600. The number of halogens is 1. The molecule has 28 heavy (non-hydrogen) atoms. The normalized spacial score (nSPS) is 25.3. The molecule has 7 nitrogen and oxygen atoms in total. The Hall–Kier alpha value is -1.83. The molecule has 2 N–H and O–H groups in total. The largest absolute Gasteiger partial charge is 0.490 e. The lowest BCUT2D eigenvalue weighted by Crippen LogP contribution is -2.58. The first-order valence-electron chi connectivity index (χ1n) is 9.66. The van der Waals surface area contributed by atoms with E-state index in [-0.39, 0.29) is 31.6 Å². The van der Waals surface area contributed by atoms with E-state index in [4.69, 9.17) is 31.5 Å². The number of carbonyl (C=O) groups excluding carboxylic acids is 2. The highest BCUT2D eigenvalue weighted by atomic mass is 35.5. The van der Waals surface area contributed by atoms with Gasteiger partial charge in [0.25, 0.3) is 0 Å². The van der Waals surface area contributed by atoms with Crippen LogP contribution in [0.15, 0.2) is 24.3 Å². The fourth-order valence-corrected chi connectivity index (χ4v) is 3.78. The zero-order valence-electron chi connectivity index (χ0n) is 15.9. The van der Waals surface area contributed by atoms with Crippen LogP contribution in [0.5, 0.6) is 5.75 Å². The monoisotopic (exact) mass is 410 g/mol. The van der Waals surface area contributed by atoms with E-state index in [9.17, 15) is 9.59 Å². The first-order valence-corrected chi connectivity index (χ1v) is 10.0. The van der Waals surface area contributed by atoms with E-state index in [0.717, 1.165) is 19.3 Å². The van der Waals surface area contributed by atoms with Crippen LogP contribution in [0.25, 0.3) is 0 Å². The molecule has 154 valence electrons. The summed E-state index contributed by atoms with van der Waals surface area (Å²) < 4.78 is 17.4. The predicted molar refractivity (Wildman–Crippen MR) is 104 cm³/mol. The summed E-state index contributed by atoms with van der Waals surface area (Å²) in [4.78, 5) is 26.2. The van der Waals surface area contributed by atoms with Crippen LogP contribution in [0.3, 0.4) is 0 Å². The van der Waals surface area contributed by atoms with Crippen LogP contribution >= 0.6 is 11.6 Å². The molecular formula is C20H27ClN2O5. The zero-order chi connectivity index (χ0) is 20.0. The van der Waals surface area contributed by atoms with E-state index in [0.29, 0.717) is 37.0 Å². The molecule has 0 saturated carbocycles. The number of nitrogens with zero attached hydrogens (tertiary/aromatic N) is 1. The quantitative estimate of drug-likeness (QED) is 0.743. The fourth-order valence-electron chi connectivity index (χ4n) is 3.66. The Kier molecular flexibility index (Phi) is 7.15. The van der Waals surface area contributed by atoms with Gasteiger partial charge in [-0.15, -0.1) is 0 Å². The van der Waals surface area contributed by atoms with Gasteiger partial charge in [-0.25, -0.2) is 0 Å². The third kappa shape index (κ3) is 5.83. The number of carbonyl (C=O) groups is 2. The molecule has 2 saturated heterocycles. The van der Waals surface area contributed by atoms with Gasteiger partial charge in [-0.2, -0.15) is 0 Å². The van der Waals surface area contributed by atoms with Crippen LogP contribution in [0.4, 0.5) is 0 Å². The Morgan fingerprint density at radius 2 is 2.04 bits per heavy atom. The number of hydrogen-bond acceptors (Lipinski definition) is 5. The van der Waals surface area contributed by atoms with Gasteiger partial charge in [0.1, 0.15) is 18.0 Å². The smallest absolute Gasteiger partial charge is 0.225 e. The molecule has 0 bridgehead atoms. The summed E-state index contributed by atoms with van der Waals surface area (Å²) in [5.74, 6) is 0.121. The number of nitrogens with two attached hydrogens (primary N) is 1. The van der Waals surface area contributed by atoms with Gasteiger partial charge in [-0.3, -0.25) is 9.59 Å². The second-order valence-corrected chi connectivity index (χ2v) is 7.86. The van der Waals surface area contributed by atoms with Gasteiger partial charge in [-0.05, 0) is 43.5 Å². The minimum absolute atomic E-state index is 0.00976. The average Bonchev–Trinajstić information content (AvgIpc) is 2.68. The average molecular weight is 411 g/mol. The lowest BCUT2D eigenvalue weighted by Gasteiger charge is -2.42. The molecule has 8 heteroatoms. The Morgan fingerprint density at radius 1 is 1.25 bits per heavy atom. The maximum atomic E-state index is 12.8. The molecule has 3 rings (SSSR count). The Labute approximate surface area is 170 Å². The SMILES string of the molecule is NC(=O)C[C@@]1(COc2ccc(Cl)cc2)CN(C(=O)C[C@H]2CCCCO2)CCO1. The van der Waals surface area contributed by atoms with E-state index >= 15 is 0 Å². The minimum atomic E-state index is -0.965. The summed E-state index contributed by atoms with van der Waals surface area (Å²) >= 11 is 5.89. The van der Waals surface area contributed by atoms with Crippen molar-refractivity contribution in [3.8, 4) is 5.75 Å². The molecule has 2 atom stereocenters. The number of rotatable bonds is 7. The van der Waals surface area contributed by atoms with Crippen LogP contribution in [0.2, 0.25) is 5.02 Å². The van der Waals surface area contributed by atoms with Crippen molar-refractivity contribution < 1.29 is 23.8 Å². The number of hydrogen-bond donors (Lipinski definition) is 1. The second kappa shape index (κ2) is 9.58. The van der Waals surface area contributed by atoms with Gasteiger partial charge in [0.2, 0.25) is 11.8 Å². The molecule has 2 amide bonds. The molecule has 2 heterocycles. The van der Waals surface area contributed by atoms with Gasteiger partial charge in [0.05, 0.1) is 32.1 Å². The second-order valence-electron chi connectivity index (χ2n) is 7.43. The van der Waals surface area contributed by atoms with Gasteiger partial charge in [0, 0.05) is 18.2 Å². The van der Waals surface area contributed by atoms with Gasteiger partial charge < -0.3 is 24.8 Å². The maximum Gasteiger partial charge on any atom is 0.225 e. The van der Waals surface area contributed by atoms with E-state index in [2.05, 4.69) is 0 Å². The summed E-state index contributed by atoms with van der Waals surface area (Å²) in [5, 5.41) is 0.606. The van der Waals surface area contributed by atoms with Crippen molar-refractivity contribution in [3.05, 3.63) is 29.3 Å². The Bertz CT molecular complexity index is 678. The third-order valence-electron chi connectivity index (χ3n) is 5.09. The summed E-state index contributed by atoms with van der Waals surface area (Å²) in [6.45, 7) is 1.89. The van der Waals surface area contributed by atoms with Crippen LogP contribution < -0.4 is 10.5 Å². The van der Waals surface area contributed by atoms with Crippen molar-refractivity contribution in [1.82, 2.24) is 4.90 Å². The van der Waals surface area contributed by atoms with Crippen molar-refractivity contribution >= 4 is 23.4 Å². The molecule has 0 radical (unpaired) electrons. The zero-order valence-corrected chi connectivity index (χ0v) is 16.7. The molecule has 2 fully saturated rings. The van der Waals surface area contributed by atoms with Crippen LogP contribution in [-0.4, -0.2) is 61.3 Å².